The van der Waals surface area contributed by atoms with Crippen LogP contribution in [0.4, 0.5) is 17.1 Å². The van der Waals surface area contributed by atoms with Gasteiger partial charge in [0.25, 0.3) is 0 Å². The Hall–Kier alpha value is -7.68. The van der Waals surface area contributed by atoms with Crippen molar-refractivity contribution in [2.75, 3.05) is 4.90 Å². The van der Waals surface area contributed by atoms with Gasteiger partial charge in [-0.25, -0.2) is 0 Å². The summed E-state index contributed by atoms with van der Waals surface area (Å²) in [7, 11) is 0. The molecule has 0 unspecified atom stereocenters. The van der Waals surface area contributed by atoms with Crippen LogP contribution in [0.5, 0.6) is 0 Å². The highest BCUT2D eigenvalue weighted by Gasteiger charge is 2.25. The largest absolute Gasteiger partial charge is 0.455 e. The van der Waals surface area contributed by atoms with Crippen molar-refractivity contribution in [2.45, 2.75) is 0 Å². The Kier molecular flexibility index (Phi) is 8.19. The van der Waals surface area contributed by atoms with Crippen molar-refractivity contribution in [1.29, 1.82) is 0 Å². The van der Waals surface area contributed by atoms with Gasteiger partial charge >= 0.3 is 0 Å². The van der Waals surface area contributed by atoms with Gasteiger partial charge in [0.15, 0.2) is 0 Å². The van der Waals surface area contributed by atoms with E-state index in [1.807, 2.05) is 0 Å². The van der Waals surface area contributed by atoms with Crippen LogP contribution in [0.15, 0.2) is 229 Å². The van der Waals surface area contributed by atoms with E-state index in [4.69, 9.17) is 4.42 Å². The standard InChI is InChI=1S/C56H37NO/c1-3-17-38(18-4-1)40-22-15-23-41(35-40)42-24-16-25-44(36-42)57(52-31-13-11-27-46(52)39-19-5-2-6-20-39)53-34-33-49(56-55(53)50-30-12-14-32-54(50)58-56)51-37-43-21-7-8-26-45(43)47-28-9-10-29-48(47)51/h1-37H. The normalized spacial score (nSPS) is 11.4. The summed E-state index contributed by atoms with van der Waals surface area (Å²) in [5, 5.41) is 7.04. The third kappa shape index (κ3) is 5.74. The zero-order chi connectivity index (χ0) is 38.4. The summed E-state index contributed by atoms with van der Waals surface area (Å²) >= 11 is 0. The maximum Gasteiger partial charge on any atom is 0.145 e. The second-order valence-corrected chi connectivity index (χ2v) is 14.8. The smallest absolute Gasteiger partial charge is 0.145 e. The van der Waals surface area contributed by atoms with Gasteiger partial charge in [-0.1, -0.05) is 176 Å². The molecule has 0 radical (unpaired) electrons. The molecule has 0 atom stereocenters. The third-order valence-electron chi connectivity index (χ3n) is 11.4. The minimum Gasteiger partial charge on any atom is -0.455 e. The first-order valence-electron chi connectivity index (χ1n) is 19.8. The molecule has 0 spiro atoms. The van der Waals surface area contributed by atoms with Crippen molar-refractivity contribution < 1.29 is 4.42 Å². The summed E-state index contributed by atoms with van der Waals surface area (Å²) in [4.78, 5) is 2.43. The molecule has 0 saturated heterocycles. The molecule has 0 amide bonds. The molecular formula is C56H37NO. The van der Waals surface area contributed by atoms with Gasteiger partial charge in [-0.05, 0) is 103 Å². The van der Waals surface area contributed by atoms with Crippen LogP contribution in [0.3, 0.4) is 0 Å². The van der Waals surface area contributed by atoms with E-state index in [9.17, 15) is 0 Å². The summed E-state index contributed by atoms with van der Waals surface area (Å²) in [5.41, 5.74) is 14.1. The van der Waals surface area contributed by atoms with Gasteiger partial charge in [0.05, 0.1) is 16.8 Å². The van der Waals surface area contributed by atoms with Gasteiger partial charge in [0.1, 0.15) is 11.2 Å². The molecule has 1 heterocycles. The van der Waals surface area contributed by atoms with E-state index in [0.29, 0.717) is 0 Å². The molecule has 0 aliphatic rings. The van der Waals surface area contributed by atoms with Crippen LogP contribution < -0.4 is 4.90 Å². The van der Waals surface area contributed by atoms with Gasteiger partial charge in [-0.3, -0.25) is 0 Å². The zero-order valence-electron chi connectivity index (χ0n) is 31.7. The van der Waals surface area contributed by atoms with Crippen molar-refractivity contribution in [3.63, 3.8) is 0 Å². The van der Waals surface area contributed by atoms with Crippen LogP contribution in [-0.4, -0.2) is 0 Å². The quantitative estimate of drug-likeness (QED) is 0.151. The summed E-state index contributed by atoms with van der Waals surface area (Å²) in [6.07, 6.45) is 0. The summed E-state index contributed by atoms with van der Waals surface area (Å²) < 4.78 is 7.00. The summed E-state index contributed by atoms with van der Waals surface area (Å²) in [5.74, 6) is 0. The van der Waals surface area contributed by atoms with Crippen LogP contribution in [0, 0.1) is 0 Å². The fourth-order valence-corrected chi connectivity index (χ4v) is 8.76. The van der Waals surface area contributed by atoms with Crippen LogP contribution in [-0.2, 0) is 0 Å². The van der Waals surface area contributed by atoms with E-state index in [1.165, 1.54) is 32.7 Å². The molecule has 0 N–H and O–H groups in total. The van der Waals surface area contributed by atoms with Crippen molar-refractivity contribution in [1.82, 2.24) is 0 Å². The molecular weight excluding hydrogens is 703 g/mol. The lowest BCUT2D eigenvalue weighted by Crippen LogP contribution is -2.12. The molecule has 1 aromatic heterocycles. The van der Waals surface area contributed by atoms with Gasteiger partial charge in [0, 0.05) is 22.2 Å². The van der Waals surface area contributed by atoms with Crippen LogP contribution in [0.2, 0.25) is 0 Å². The lowest BCUT2D eigenvalue weighted by molar-refractivity contribution is 0.670. The average Bonchev–Trinajstić information content (AvgIpc) is 3.70. The maximum atomic E-state index is 7.00. The summed E-state index contributed by atoms with van der Waals surface area (Å²) in [6.45, 7) is 0. The first-order chi connectivity index (χ1) is 28.8. The molecule has 10 aromatic carbocycles. The lowest BCUT2D eigenvalue weighted by atomic mass is 9.91. The number of hydrogen-bond donors (Lipinski definition) is 0. The molecule has 11 rings (SSSR count). The van der Waals surface area contributed by atoms with Crippen LogP contribution >= 0.6 is 0 Å². The second kappa shape index (κ2) is 14.1. The fraction of sp³-hybridized carbons (Fsp3) is 0. The van der Waals surface area contributed by atoms with E-state index in [2.05, 4.69) is 229 Å². The Balaban J connectivity index is 1.18. The van der Waals surface area contributed by atoms with E-state index in [1.54, 1.807) is 0 Å². The van der Waals surface area contributed by atoms with Crippen molar-refractivity contribution >= 4 is 60.5 Å². The molecule has 0 fully saturated rings. The first kappa shape index (κ1) is 33.6. The number of fused-ring (bicyclic) bond motifs is 6. The van der Waals surface area contributed by atoms with Gasteiger partial charge in [-0.2, -0.15) is 0 Å². The fourth-order valence-electron chi connectivity index (χ4n) is 8.76. The van der Waals surface area contributed by atoms with Crippen molar-refractivity contribution in [3.05, 3.63) is 224 Å². The topological polar surface area (TPSA) is 16.4 Å². The number of furan rings is 1. The van der Waals surface area contributed by atoms with Crippen molar-refractivity contribution in [3.8, 4) is 44.5 Å². The number of benzene rings is 10. The highest BCUT2D eigenvalue weighted by Crippen LogP contribution is 2.49. The van der Waals surface area contributed by atoms with Gasteiger partial charge in [-0.15, -0.1) is 0 Å². The Morgan fingerprint density at radius 2 is 0.897 bits per heavy atom. The third-order valence-corrected chi connectivity index (χ3v) is 11.4. The van der Waals surface area contributed by atoms with E-state index < -0.39 is 0 Å². The van der Waals surface area contributed by atoms with Gasteiger partial charge in [0.2, 0.25) is 0 Å². The first-order valence-corrected chi connectivity index (χ1v) is 19.8. The number of para-hydroxylation sites is 2. The number of nitrogens with zero attached hydrogens (tertiary/aromatic N) is 1. The van der Waals surface area contributed by atoms with Crippen LogP contribution in [0.1, 0.15) is 0 Å². The summed E-state index contributed by atoms with van der Waals surface area (Å²) in [6, 6.07) is 80.6. The van der Waals surface area contributed by atoms with E-state index >= 15 is 0 Å². The molecule has 2 nitrogen and oxygen atoms in total. The molecule has 0 aliphatic heterocycles. The second-order valence-electron chi connectivity index (χ2n) is 14.8. The monoisotopic (exact) mass is 739 g/mol. The molecule has 11 aromatic rings. The lowest BCUT2D eigenvalue weighted by Gasteiger charge is -2.29. The SMILES string of the molecule is c1ccc(-c2cccc(-c3cccc(N(c4ccccc4-c4ccccc4)c4ccc(-c5cc6ccccc6c6ccccc56)c5oc6ccccc6c45)c3)c2)cc1. The molecule has 0 bridgehead atoms. The molecule has 272 valence electrons. The number of rotatable bonds is 7. The maximum absolute atomic E-state index is 7.00. The molecule has 0 aliphatic carbocycles. The van der Waals surface area contributed by atoms with Crippen molar-refractivity contribution in [2.24, 2.45) is 0 Å². The molecule has 58 heavy (non-hydrogen) atoms. The number of hydrogen-bond acceptors (Lipinski definition) is 2. The predicted molar refractivity (Wildman–Crippen MR) is 245 cm³/mol. The number of anilines is 3. The Bertz CT molecular complexity index is 3290. The van der Waals surface area contributed by atoms with E-state index in [-0.39, 0.29) is 0 Å². The highest BCUT2D eigenvalue weighted by atomic mass is 16.3. The molecule has 2 heteroatoms. The molecule has 0 saturated carbocycles. The average molecular weight is 740 g/mol. The Labute approximate surface area is 337 Å². The zero-order valence-corrected chi connectivity index (χ0v) is 31.7. The minimum absolute atomic E-state index is 0.860. The Morgan fingerprint density at radius 1 is 0.310 bits per heavy atom. The minimum atomic E-state index is 0.860. The van der Waals surface area contributed by atoms with Gasteiger partial charge < -0.3 is 9.32 Å². The highest BCUT2D eigenvalue weighted by molar-refractivity contribution is 6.21. The predicted octanol–water partition coefficient (Wildman–Crippen LogP) is 16.0. The Morgan fingerprint density at radius 3 is 1.71 bits per heavy atom. The van der Waals surface area contributed by atoms with Crippen LogP contribution in [0.25, 0.3) is 88.0 Å². The van der Waals surface area contributed by atoms with E-state index in [0.717, 1.165) is 72.4 Å².